The number of likely N-dealkylation sites (tertiary alicyclic amines) is 1. The summed E-state index contributed by atoms with van der Waals surface area (Å²) >= 11 is 0. The molecule has 0 spiro atoms. The van der Waals surface area contributed by atoms with Crippen LogP contribution in [0.15, 0.2) is 24.3 Å². The van der Waals surface area contributed by atoms with Crippen molar-refractivity contribution < 1.29 is 14.7 Å². The van der Waals surface area contributed by atoms with Gasteiger partial charge in [-0.1, -0.05) is 45.0 Å². The van der Waals surface area contributed by atoms with E-state index < -0.39 is 0 Å². The lowest BCUT2D eigenvalue weighted by Crippen LogP contribution is -2.46. The van der Waals surface area contributed by atoms with Crippen molar-refractivity contribution in [3.63, 3.8) is 0 Å². The second-order valence-electron chi connectivity index (χ2n) is 7.63. The number of rotatable bonds is 5. The number of hydrogen-bond donors (Lipinski definition) is 2. The number of aliphatic hydroxyl groups excluding tert-OH is 1. The standard InChI is InChI=1S/C19H28N2O3/c1-19(2,3)11-17(23)21-10-6-9-16(21)18(24)20-12-14-7-4-5-8-15(14)13-22/h4-5,7-8,16,22H,6,9-13H2,1-3H3,(H,20,24). The van der Waals surface area contributed by atoms with Crippen LogP contribution in [0.4, 0.5) is 0 Å². The summed E-state index contributed by atoms with van der Waals surface area (Å²) in [6.07, 6.45) is 2.02. The minimum atomic E-state index is -0.374. The monoisotopic (exact) mass is 332 g/mol. The van der Waals surface area contributed by atoms with Crippen LogP contribution < -0.4 is 5.32 Å². The van der Waals surface area contributed by atoms with Gasteiger partial charge >= 0.3 is 0 Å². The summed E-state index contributed by atoms with van der Waals surface area (Å²) in [5.74, 6) is -0.0570. The first-order chi connectivity index (χ1) is 11.3. The molecule has 2 amide bonds. The van der Waals surface area contributed by atoms with E-state index in [1.165, 1.54) is 0 Å². The maximum atomic E-state index is 12.5. The van der Waals surface area contributed by atoms with Gasteiger partial charge in [0.15, 0.2) is 0 Å². The maximum absolute atomic E-state index is 12.5. The SMILES string of the molecule is CC(C)(C)CC(=O)N1CCCC1C(=O)NCc1ccccc1CO. The summed E-state index contributed by atoms with van der Waals surface area (Å²) in [7, 11) is 0. The summed E-state index contributed by atoms with van der Waals surface area (Å²) in [6.45, 7) is 7.06. The average molecular weight is 332 g/mol. The highest BCUT2D eigenvalue weighted by molar-refractivity contribution is 5.88. The van der Waals surface area contributed by atoms with Crippen molar-refractivity contribution >= 4 is 11.8 Å². The molecular weight excluding hydrogens is 304 g/mol. The van der Waals surface area contributed by atoms with Gasteiger partial charge in [-0.2, -0.15) is 0 Å². The smallest absolute Gasteiger partial charge is 0.243 e. The third-order valence-electron chi connectivity index (χ3n) is 4.30. The zero-order valence-electron chi connectivity index (χ0n) is 14.8. The fourth-order valence-electron chi connectivity index (χ4n) is 3.08. The van der Waals surface area contributed by atoms with E-state index in [0.29, 0.717) is 25.9 Å². The Hall–Kier alpha value is -1.88. The van der Waals surface area contributed by atoms with Gasteiger partial charge in [-0.3, -0.25) is 9.59 Å². The number of nitrogens with one attached hydrogen (secondary N) is 1. The second kappa shape index (κ2) is 7.79. The molecule has 0 aromatic heterocycles. The van der Waals surface area contributed by atoms with Gasteiger partial charge in [-0.25, -0.2) is 0 Å². The summed E-state index contributed by atoms with van der Waals surface area (Å²) < 4.78 is 0. The van der Waals surface area contributed by atoms with E-state index in [2.05, 4.69) is 5.32 Å². The van der Waals surface area contributed by atoms with Crippen molar-refractivity contribution in [3.05, 3.63) is 35.4 Å². The number of aliphatic hydroxyl groups is 1. The fraction of sp³-hybridized carbons (Fsp3) is 0.579. The molecule has 132 valence electrons. The molecule has 1 aliphatic rings. The zero-order valence-corrected chi connectivity index (χ0v) is 14.8. The first-order valence-corrected chi connectivity index (χ1v) is 8.56. The van der Waals surface area contributed by atoms with Crippen molar-refractivity contribution in [2.45, 2.75) is 59.2 Å². The Morgan fingerprint density at radius 1 is 1.25 bits per heavy atom. The first-order valence-electron chi connectivity index (χ1n) is 8.56. The molecule has 1 aromatic carbocycles. The lowest BCUT2D eigenvalue weighted by Gasteiger charge is -2.27. The minimum Gasteiger partial charge on any atom is -0.392 e. The topological polar surface area (TPSA) is 69.6 Å². The van der Waals surface area contributed by atoms with Crippen LogP contribution in [-0.2, 0) is 22.7 Å². The maximum Gasteiger partial charge on any atom is 0.243 e. The Morgan fingerprint density at radius 3 is 2.54 bits per heavy atom. The quantitative estimate of drug-likeness (QED) is 0.869. The summed E-state index contributed by atoms with van der Waals surface area (Å²) in [4.78, 5) is 26.7. The largest absolute Gasteiger partial charge is 0.392 e. The number of nitrogens with zero attached hydrogens (tertiary/aromatic N) is 1. The van der Waals surface area contributed by atoms with E-state index in [0.717, 1.165) is 17.5 Å². The molecule has 1 fully saturated rings. The predicted octanol–water partition coefficient (Wildman–Crippen LogP) is 2.22. The third-order valence-corrected chi connectivity index (χ3v) is 4.30. The van der Waals surface area contributed by atoms with Gasteiger partial charge < -0.3 is 15.3 Å². The molecule has 0 aliphatic carbocycles. The number of hydrogen-bond acceptors (Lipinski definition) is 3. The van der Waals surface area contributed by atoms with Crippen LogP contribution in [0.5, 0.6) is 0 Å². The van der Waals surface area contributed by atoms with Crippen LogP contribution in [0.3, 0.4) is 0 Å². The molecule has 1 aliphatic heterocycles. The number of carbonyl (C=O) groups is 2. The van der Waals surface area contributed by atoms with E-state index in [9.17, 15) is 14.7 Å². The van der Waals surface area contributed by atoms with Crippen molar-refractivity contribution in [1.82, 2.24) is 10.2 Å². The normalized spacial score (nSPS) is 17.8. The lowest BCUT2D eigenvalue weighted by atomic mass is 9.91. The number of amides is 2. The van der Waals surface area contributed by atoms with Gasteiger partial charge in [0, 0.05) is 19.5 Å². The average Bonchev–Trinajstić information content (AvgIpc) is 3.01. The molecule has 0 saturated carbocycles. The van der Waals surface area contributed by atoms with Gasteiger partial charge in [0.25, 0.3) is 0 Å². The van der Waals surface area contributed by atoms with Crippen LogP contribution >= 0.6 is 0 Å². The first kappa shape index (κ1) is 18.5. The van der Waals surface area contributed by atoms with Crippen LogP contribution in [0, 0.1) is 5.41 Å². The molecule has 1 heterocycles. The predicted molar refractivity (Wildman–Crippen MR) is 93.0 cm³/mol. The molecule has 24 heavy (non-hydrogen) atoms. The highest BCUT2D eigenvalue weighted by Gasteiger charge is 2.35. The molecule has 5 heteroatoms. The van der Waals surface area contributed by atoms with Crippen LogP contribution in [0.2, 0.25) is 0 Å². The Kier molecular flexibility index (Phi) is 5.99. The molecule has 0 radical (unpaired) electrons. The number of benzene rings is 1. The highest BCUT2D eigenvalue weighted by Crippen LogP contribution is 2.25. The molecule has 0 bridgehead atoms. The summed E-state index contributed by atoms with van der Waals surface area (Å²) in [5, 5.41) is 12.3. The lowest BCUT2D eigenvalue weighted by molar-refractivity contribution is -0.139. The third kappa shape index (κ3) is 4.81. The van der Waals surface area contributed by atoms with Gasteiger partial charge in [0.2, 0.25) is 11.8 Å². The summed E-state index contributed by atoms with van der Waals surface area (Å²) in [5.41, 5.74) is 1.63. The van der Waals surface area contributed by atoms with Crippen molar-refractivity contribution in [2.75, 3.05) is 6.54 Å². The molecule has 2 N–H and O–H groups in total. The molecule has 1 unspecified atom stereocenters. The molecule has 1 saturated heterocycles. The minimum absolute atomic E-state index is 0.0499. The van der Waals surface area contributed by atoms with Crippen LogP contribution in [0.1, 0.15) is 51.2 Å². The van der Waals surface area contributed by atoms with E-state index in [4.69, 9.17) is 0 Å². The van der Waals surface area contributed by atoms with Crippen molar-refractivity contribution in [1.29, 1.82) is 0 Å². The fourth-order valence-corrected chi connectivity index (χ4v) is 3.08. The Bertz CT molecular complexity index is 593. The van der Waals surface area contributed by atoms with Crippen LogP contribution in [-0.4, -0.2) is 34.4 Å². The number of carbonyl (C=O) groups excluding carboxylic acids is 2. The molecule has 1 atom stereocenters. The van der Waals surface area contributed by atoms with Crippen LogP contribution in [0.25, 0.3) is 0 Å². The molecule has 1 aromatic rings. The Balaban J connectivity index is 1.97. The van der Waals surface area contributed by atoms with E-state index in [1.807, 2.05) is 45.0 Å². The molecular formula is C19H28N2O3. The molecule has 2 rings (SSSR count). The van der Waals surface area contributed by atoms with Crippen molar-refractivity contribution in [2.24, 2.45) is 5.41 Å². The van der Waals surface area contributed by atoms with Gasteiger partial charge in [0.1, 0.15) is 6.04 Å². The van der Waals surface area contributed by atoms with Gasteiger partial charge in [-0.05, 0) is 29.4 Å². The Morgan fingerprint density at radius 2 is 1.92 bits per heavy atom. The van der Waals surface area contributed by atoms with E-state index >= 15 is 0 Å². The van der Waals surface area contributed by atoms with Gasteiger partial charge in [0.05, 0.1) is 6.61 Å². The van der Waals surface area contributed by atoms with E-state index in [-0.39, 0.29) is 29.9 Å². The Labute approximate surface area is 144 Å². The van der Waals surface area contributed by atoms with E-state index in [1.54, 1.807) is 4.90 Å². The zero-order chi connectivity index (χ0) is 17.7. The van der Waals surface area contributed by atoms with Crippen molar-refractivity contribution in [3.8, 4) is 0 Å². The highest BCUT2D eigenvalue weighted by atomic mass is 16.3. The summed E-state index contributed by atoms with van der Waals surface area (Å²) in [6, 6.07) is 7.11. The second-order valence-corrected chi connectivity index (χ2v) is 7.63. The van der Waals surface area contributed by atoms with Gasteiger partial charge in [-0.15, -0.1) is 0 Å². The molecule has 5 nitrogen and oxygen atoms in total.